The average Bonchev–Trinajstić information content (AvgIpc) is 2.35. The molecular formula is C13H17F2NO2S. The standard InChI is InChI=1S/C13H17F2NO2S/c1-7-4-9(11(15)5-10(7)14)13(18)16-8(2)12(6-17)19-3/h4-5,8,12,17H,6H2,1-3H3,(H,16,18). The molecule has 6 heteroatoms. The Bertz CT molecular complexity index is 464. The number of carbonyl (C=O) groups is 1. The molecule has 0 bridgehead atoms. The summed E-state index contributed by atoms with van der Waals surface area (Å²) in [4.78, 5) is 11.9. The number of hydrogen-bond acceptors (Lipinski definition) is 3. The number of benzene rings is 1. The predicted molar refractivity (Wildman–Crippen MR) is 72.4 cm³/mol. The number of carbonyl (C=O) groups excluding carboxylic acids is 1. The molecule has 2 atom stereocenters. The van der Waals surface area contributed by atoms with Crippen LogP contribution in [0, 0.1) is 18.6 Å². The number of amides is 1. The van der Waals surface area contributed by atoms with E-state index in [0.717, 1.165) is 0 Å². The van der Waals surface area contributed by atoms with E-state index < -0.39 is 17.5 Å². The first-order chi connectivity index (χ1) is 8.90. The number of aryl methyl sites for hydroxylation is 1. The summed E-state index contributed by atoms with van der Waals surface area (Å²) >= 11 is 1.41. The average molecular weight is 289 g/mol. The van der Waals surface area contributed by atoms with Crippen molar-refractivity contribution in [3.05, 3.63) is 34.9 Å². The molecule has 1 amide bonds. The normalized spacial score (nSPS) is 14.0. The second kappa shape index (κ2) is 6.86. The van der Waals surface area contributed by atoms with Crippen LogP contribution in [0.25, 0.3) is 0 Å². The lowest BCUT2D eigenvalue weighted by Crippen LogP contribution is -2.41. The van der Waals surface area contributed by atoms with Crippen molar-refractivity contribution in [1.29, 1.82) is 0 Å². The summed E-state index contributed by atoms with van der Waals surface area (Å²) in [6, 6.07) is 1.56. The largest absolute Gasteiger partial charge is 0.395 e. The van der Waals surface area contributed by atoms with Gasteiger partial charge in [-0.3, -0.25) is 4.79 Å². The van der Waals surface area contributed by atoms with Gasteiger partial charge in [0.25, 0.3) is 5.91 Å². The van der Waals surface area contributed by atoms with E-state index in [-0.39, 0.29) is 29.0 Å². The molecule has 0 fully saturated rings. The van der Waals surface area contributed by atoms with Crippen LogP contribution >= 0.6 is 11.8 Å². The molecule has 0 aliphatic carbocycles. The van der Waals surface area contributed by atoms with Gasteiger partial charge in [0.05, 0.1) is 12.2 Å². The Hall–Kier alpha value is -1.14. The third-order valence-electron chi connectivity index (χ3n) is 2.89. The van der Waals surface area contributed by atoms with Crippen molar-refractivity contribution in [2.75, 3.05) is 12.9 Å². The molecule has 2 unspecified atom stereocenters. The summed E-state index contributed by atoms with van der Waals surface area (Å²) in [5, 5.41) is 11.5. The fourth-order valence-corrected chi connectivity index (χ4v) is 2.27. The molecule has 0 aromatic heterocycles. The Morgan fingerprint density at radius 3 is 2.58 bits per heavy atom. The van der Waals surface area contributed by atoms with Crippen LogP contribution in [-0.2, 0) is 0 Å². The molecule has 0 saturated heterocycles. The molecule has 1 aromatic carbocycles. The summed E-state index contributed by atoms with van der Waals surface area (Å²) in [6.45, 7) is 3.10. The second-order valence-corrected chi connectivity index (χ2v) is 5.38. The van der Waals surface area contributed by atoms with Crippen LogP contribution < -0.4 is 5.32 Å². The molecular weight excluding hydrogens is 272 g/mol. The van der Waals surface area contributed by atoms with Gasteiger partial charge in [0.2, 0.25) is 0 Å². The van der Waals surface area contributed by atoms with Crippen molar-refractivity contribution in [2.24, 2.45) is 0 Å². The number of aliphatic hydroxyl groups excluding tert-OH is 1. The molecule has 19 heavy (non-hydrogen) atoms. The van der Waals surface area contributed by atoms with Gasteiger partial charge in [-0.05, 0) is 31.7 Å². The van der Waals surface area contributed by atoms with Crippen LogP contribution in [0.15, 0.2) is 12.1 Å². The lowest BCUT2D eigenvalue weighted by molar-refractivity contribution is 0.0931. The fraction of sp³-hybridized carbons (Fsp3) is 0.462. The molecule has 0 saturated carbocycles. The first-order valence-electron chi connectivity index (χ1n) is 5.80. The van der Waals surface area contributed by atoms with Crippen molar-refractivity contribution in [3.8, 4) is 0 Å². The first kappa shape index (κ1) is 15.9. The zero-order valence-electron chi connectivity index (χ0n) is 11.0. The summed E-state index contributed by atoms with van der Waals surface area (Å²) in [7, 11) is 0. The van der Waals surface area contributed by atoms with Gasteiger partial charge in [0, 0.05) is 17.4 Å². The van der Waals surface area contributed by atoms with Crippen molar-refractivity contribution < 1.29 is 18.7 Å². The van der Waals surface area contributed by atoms with E-state index in [2.05, 4.69) is 5.32 Å². The molecule has 0 spiro atoms. The number of nitrogens with one attached hydrogen (secondary N) is 1. The van der Waals surface area contributed by atoms with Crippen LogP contribution in [-0.4, -0.2) is 35.2 Å². The highest BCUT2D eigenvalue weighted by molar-refractivity contribution is 7.99. The predicted octanol–water partition coefficient (Wildman–Crippen LogP) is 2.12. The third-order valence-corrected chi connectivity index (χ3v) is 4.05. The first-order valence-corrected chi connectivity index (χ1v) is 7.09. The number of aliphatic hydroxyl groups is 1. The number of rotatable bonds is 5. The molecule has 1 rings (SSSR count). The summed E-state index contributed by atoms with van der Waals surface area (Å²) in [6.07, 6.45) is 1.81. The van der Waals surface area contributed by atoms with Crippen LogP contribution in [0.2, 0.25) is 0 Å². The number of thioether (sulfide) groups is 1. The van der Waals surface area contributed by atoms with Gasteiger partial charge in [-0.2, -0.15) is 11.8 Å². The monoisotopic (exact) mass is 289 g/mol. The smallest absolute Gasteiger partial charge is 0.254 e. The van der Waals surface area contributed by atoms with E-state index in [1.165, 1.54) is 24.8 Å². The molecule has 2 N–H and O–H groups in total. The third kappa shape index (κ3) is 3.91. The van der Waals surface area contributed by atoms with E-state index in [4.69, 9.17) is 5.11 Å². The van der Waals surface area contributed by atoms with Crippen LogP contribution in [0.1, 0.15) is 22.8 Å². The summed E-state index contributed by atoms with van der Waals surface area (Å²) in [5.74, 6) is -2.18. The van der Waals surface area contributed by atoms with Gasteiger partial charge in [-0.15, -0.1) is 0 Å². The Morgan fingerprint density at radius 2 is 2.05 bits per heavy atom. The molecule has 3 nitrogen and oxygen atoms in total. The Labute approximate surface area is 115 Å². The van der Waals surface area contributed by atoms with Crippen LogP contribution in [0.4, 0.5) is 8.78 Å². The molecule has 0 radical (unpaired) electrons. The zero-order valence-corrected chi connectivity index (χ0v) is 11.9. The fourth-order valence-electron chi connectivity index (χ4n) is 1.65. The maximum Gasteiger partial charge on any atom is 0.254 e. The van der Waals surface area contributed by atoms with Crippen LogP contribution in [0.5, 0.6) is 0 Å². The molecule has 0 aliphatic rings. The molecule has 0 heterocycles. The highest BCUT2D eigenvalue weighted by atomic mass is 32.2. The van der Waals surface area contributed by atoms with Gasteiger partial charge < -0.3 is 10.4 Å². The quantitative estimate of drug-likeness (QED) is 0.873. The van der Waals surface area contributed by atoms with Gasteiger partial charge >= 0.3 is 0 Å². The lowest BCUT2D eigenvalue weighted by Gasteiger charge is -2.21. The van der Waals surface area contributed by atoms with Crippen LogP contribution in [0.3, 0.4) is 0 Å². The highest BCUT2D eigenvalue weighted by Crippen LogP contribution is 2.16. The highest BCUT2D eigenvalue weighted by Gasteiger charge is 2.20. The van der Waals surface area contributed by atoms with Gasteiger partial charge in [0.15, 0.2) is 0 Å². The van der Waals surface area contributed by atoms with Crippen molar-refractivity contribution in [1.82, 2.24) is 5.32 Å². The maximum atomic E-state index is 13.5. The van der Waals surface area contributed by atoms with E-state index in [1.54, 1.807) is 6.92 Å². The Morgan fingerprint density at radius 1 is 1.42 bits per heavy atom. The van der Waals surface area contributed by atoms with Crippen molar-refractivity contribution >= 4 is 17.7 Å². The molecule has 106 valence electrons. The minimum absolute atomic E-state index is 0.0897. The SMILES string of the molecule is CSC(CO)C(C)NC(=O)c1cc(C)c(F)cc1F. The van der Waals surface area contributed by atoms with Crippen molar-refractivity contribution in [2.45, 2.75) is 25.1 Å². The molecule has 1 aromatic rings. The topological polar surface area (TPSA) is 49.3 Å². The zero-order chi connectivity index (χ0) is 14.6. The van der Waals surface area contributed by atoms with Crippen molar-refractivity contribution in [3.63, 3.8) is 0 Å². The van der Waals surface area contributed by atoms with E-state index >= 15 is 0 Å². The molecule has 0 aliphatic heterocycles. The van der Waals surface area contributed by atoms with Gasteiger partial charge in [0.1, 0.15) is 11.6 Å². The van der Waals surface area contributed by atoms with Gasteiger partial charge in [-0.25, -0.2) is 8.78 Å². The maximum absolute atomic E-state index is 13.5. The lowest BCUT2D eigenvalue weighted by atomic mass is 10.1. The second-order valence-electron chi connectivity index (χ2n) is 4.30. The van der Waals surface area contributed by atoms with Gasteiger partial charge in [-0.1, -0.05) is 0 Å². The van der Waals surface area contributed by atoms with E-state index in [1.807, 2.05) is 6.26 Å². The minimum Gasteiger partial charge on any atom is -0.395 e. The number of hydrogen-bond donors (Lipinski definition) is 2. The Balaban J connectivity index is 2.87. The summed E-state index contributed by atoms with van der Waals surface area (Å²) in [5.41, 5.74) is 0.0197. The number of halogens is 2. The summed E-state index contributed by atoms with van der Waals surface area (Å²) < 4.78 is 26.7. The Kier molecular flexibility index (Phi) is 5.75. The van der Waals surface area contributed by atoms with E-state index in [0.29, 0.717) is 6.07 Å². The minimum atomic E-state index is -0.891. The van der Waals surface area contributed by atoms with E-state index in [9.17, 15) is 13.6 Å².